The number of nitrogens with zero attached hydrogens (tertiary/aromatic N) is 4. The number of imidazole rings is 2. The van der Waals surface area contributed by atoms with Crippen molar-refractivity contribution < 1.29 is 14.2 Å². The molecule has 3 heterocycles. The molecule has 2 atom stereocenters. The Hall–Kier alpha value is -2.84. The van der Waals surface area contributed by atoms with Crippen molar-refractivity contribution in [2.24, 2.45) is 0 Å². The van der Waals surface area contributed by atoms with Gasteiger partial charge in [-0.25, -0.2) is 9.97 Å². The fourth-order valence-electron chi connectivity index (χ4n) is 3.92. The second-order valence-electron chi connectivity index (χ2n) is 7.81. The van der Waals surface area contributed by atoms with Crippen molar-refractivity contribution in [2.45, 2.75) is 25.4 Å². The lowest BCUT2D eigenvalue weighted by Gasteiger charge is -2.30. The van der Waals surface area contributed by atoms with Gasteiger partial charge in [0.25, 0.3) is 0 Å². The zero-order valence-corrected chi connectivity index (χ0v) is 19.4. The highest BCUT2D eigenvalue weighted by Gasteiger charge is 2.45. The third-order valence-electron chi connectivity index (χ3n) is 5.53. The average molecular weight is 485 g/mol. The maximum atomic E-state index is 6.52. The van der Waals surface area contributed by atoms with Gasteiger partial charge in [0.15, 0.2) is 0 Å². The van der Waals surface area contributed by atoms with Gasteiger partial charge in [-0.05, 0) is 43.3 Å². The molecule has 2 aromatic heterocycles. The minimum atomic E-state index is -1.07. The SMILES string of the molecule is Cc1nccn1-c1ccc(OC[C@@H]2CO[C@@](Cn3ccnc3)(c3ccc(Cl)cc3Cl)O2)cc1. The number of halogens is 2. The van der Waals surface area contributed by atoms with Gasteiger partial charge >= 0.3 is 0 Å². The molecule has 0 N–H and O–H groups in total. The highest BCUT2D eigenvalue weighted by molar-refractivity contribution is 6.35. The molecule has 33 heavy (non-hydrogen) atoms. The summed E-state index contributed by atoms with van der Waals surface area (Å²) in [5, 5.41) is 1.03. The molecule has 7 nitrogen and oxygen atoms in total. The Kier molecular flexibility index (Phi) is 6.12. The summed E-state index contributed by atoms with van der Waals surface area (Å²) < 4.78 is 22.5. The van der Waals surface area contributed by atoms with Crippen molar-refractivity contribution in [2.75, 3.05) is 13.2 Å². The molecular formula is C24H22Cl2N4O3. The molecule has 2 aromatic carbocycles. The maximum Gasteiger partial charge on any atom is 0.215 e. The van der Waals surface area contributed by atoms with Crippen molar-refractivity contribution in [3.63, 3.8) is 0 Å². The van der Waals surface area contributed by atoms with Crippen LogP contribution < -0.4 is 4.74 Å². The summed E-state index contributed by atoms with van der Waals surface area (Å²) in [5.74, 6) is 0.603. The Balaban J connectivity index is 1.30. The monoisotopic (exact) mass is 484 g/mol. The molecular weight excluding hydrogens is 463 g/mol. The second-order valence-corrected chi connectivity index (χ2v) is 8.66. The molecule has 0 radical (unpaired) electrons. The van der Waals surface area contributed by atoms with E-state index in [0.29, 0.717) is 35.4 Å². The summed E-state index contributed by atoms with van der Waals surface area (Å²) in [5.41, 5.74) is 1.74. The van der Waals surface area contributed by atoms with Gasteiger partial charge in [-0.15, -0.1) is 0 Å². The molecule has 0 bridgehead atoms. The molecule has 4 aromatic rings. The number of ether oxygens (including phenoxy) is 3. The molecule has 1 aliphatic heterocycles. The van der Waals surface area contributed by atoms with Crippen molar-refractivity contribution in [3.05, 3.63) is 95.0 Å². The zero-order chi connectivity index (χ0) is 22.8. The van der Waals surface area contributed by atoms with Crippen LogP contribution >= 0.6 is 23.2 Å². The van der Waals surface area contributed by atoms with Gasteiger partial charge in [-0.3, -0.25) is 0 Å². The molecule has 170 valence electrons. The van der Waals surface area contributed by atoms with Crippen molar-refractivity contribution in [1.29, 1.82) is 0 Å². The number of rotatable bonds is 7. The smallest absolute Gasteiger partial charge is 0.215 e. The summed E-state index contributed by atoms with van der Waals surface area (Å²) in [6.45, 7) is 3.05. The normalized spacial score (nSPS) is 20.3. The molecule has 9 heteroatoms. The molecule has 0 saturated carbocycles. The molecule has 0 spiro atoms. The summed E-state index contributed by atoms with van der Waals surface area (Å²) in [4.78, 5) is 8.38. The fraction of sp³-hybridized carbons (Fsp3) is 0.250. The van der Waals surface area contributed by atoms with E-state index < -0.39 is 5.79 Å². The van der Waals surface area contributed by atoms with Crippen LogP contribution in [0.2, 0.25) is 10.0 Å². The predicted molar refractivity (Wildman–Crippen MR) is 125 cm³/mol. The third kappa shape index (κ3) is 4.63. The Morgan fingerprint density at radius 3 is 2.67 bits per heavy atom. The van der Waals surface area contributed by atoms with Crippen molar-refractivity contribution in [3.8, 4) is 11.4 Å². The van der Waals surface area contributed by atoms with E-state index in [0.717, 1.165) is 17.3 Å². The van der Waals surface area contributed by atoms with Crippen molar-refractivity contribution >= 4 is 23.2 Å². The molecule has 5 rings (SSSR count). The zero-order valence-electron chi connectivity index (χ0n) is 17.9. The summed E-state index contributed by atoms with van der Waals surface area (Å²) in [6.07, 6.45) is 8.70. The Bertz CT molecular complexity index is 1230. The number of hydrogen-bond donors (Lipinski definition) is 0. The summed E-state index contributed by atoms with van der Waals surface area (Å²) in [7, 11) is 0. The number of aryl methyl sites for hydroxylation is 1. The van der Waals surface area contributed by atoms with Crippen LogP contribution in [0.4, 0.5) is 0 Å². The van der Waals surface area contributed by atoms with Crippen LogP contribution in [0.5, 0.6) is 5.75 Å². The Morgan fingerprint density at radius 2 is 1.97 bits per heavy atom. The molecule has 0 amide bonds. The molecule has 1 aliphatic rings. The van der Waals surface area contributed by atoms with Gasteiger partial charge < -0.3 is 23.3 Å². The first kappa shape index (κ1) is 22.0. The van der Waals surface area contributed by atoms with Crippen LogP contribution in [0.3, 0.4) is 0 Å². The fourth-order valence-corrected chi connectivity index (χ4v) is 4.47. The summed E-state index contributed by atoms with van der Waals surface area (Å²) in [6, 6.07) is 13.1. The number of hydrogen-bond acceptors (Lipinski definition) is 5. The van der Waals surface area contributed by atoms with E-state index in [9.17, 15) is 0 Å². The third-order valence-corrected chi connectivity index (χ3v) is 6.08. The van der Waals surface area contributed by atoms with Crippen LogP contribution in [0.15, 0.2) is 73.6 Å². The maximum absolute atomic E-state index is 6.52. The number of benzene rings is 2. The van der Waals surface area contributed by atoms with E-state index in [2.05, 4.69) is 9.97 Å². The molecule has 1 fully saturated rings. The first-order chi connectivity index (χ1) is 16.0. The van der Waals surface area contributed by atoms with Gasteiger partial charge in [-0.1, -0.05) is 29.3 Å². The van der Waals surface area contributed by atoms with E-state index in [1.54, 1.807) is 30.9 Å². The Morgan fingerprint density at radius 1 is 1.12 bits per heavy atom. The van der Waals surface area contributed by atoms with E-state index in [1.165, 1.54) is 0 Å². The predicted octanol–water partition coefficient (Wildman–Crippen LogP) is 5.03. The summed E-state index contributed by atoms with van der Waals surface area (Å²) >= 11 is 12.6. The highest BCUT2D eigenvalue weighted by atomic mass is 35.5. The minimum absolute atomic E-state index is 0.282. The van der Waals surface area contributed by atoms with Crippen molar-refractivity contribution in [1.82, 2.24) is 19.1 Å². The first-order valence-electron chi connectivity index (χ1n) is 10.5. The van der Waals surface area contributed by atoms with Gasteiger partial charge in [0.1, 0.15) is 24.3 Å². The topological polar surface area (TPSA) is 63.3 Å². The quantitative estimate of drug-likeness (QED) is 0.368. The molecule has 0 unspecified atom stereocenters. The van der Waals surface area contributed by atoms with E-state index >= 15 is 0 Å². The Labute approximate surface area is 201 Å². The molecule has 1 saturated heterocycles. The average Bonchev–Trinajstić information content (AvgIpc) is 3.55. The standard InChI is InChI=1S/C24H22Cl2N4O3/c1-17-28-9-11-30(17)19-3-5-20(6-4-19)31-13-21-14-32-24(33-21,15-29-10-8-27-16-29)22-7-2-18(25)12-23(22)26/h2-12,16,21H,13-15H2,1H3/t21-,24-/m1/s1. The highest BCUT2D eigenvalue weighted by Crippen LogP contribution is 2.40. The second kappa shape index (κ2) is 9.19. The van der Waals surface area contributed by atoms with Crippen LogP contribution in [0.1, 0.15) is 11.4 Å². The van der Waals surface area contributed by atoms with Crippen LogP contribution in [0, 0.1) is 6.92 Å². The van der Waals surface area contributed by atoms with E-state index in [4.69, 9.17) is 37.4 Å². The van der Waals surface area contributed by atoms with Gasteiger partial charge in [0.2, 0.25) is 5.79 Å². The lowest BCUT2D eigenvalue weighted by Crippen LogP contribution is -2.34. The first-order valence-corrected chi connectivity index (χ1v) is 11.2. The number of aromatic nitrogens is 4. The van der Waals surface area contributed by atoms with Crippen LogP contribution in [-0.2, 0) is 21.8 Å². The van der Waals surface area contributed by atoms with E-state index in [-0.39, 0.29) is 6.10 Å². The molecule has 0 aliphatic carbocycles. The lowest BCUT2D eigenvalue weighted by atomic mass is 10.1. The van der Waals surface area contributed by atoms with E-state index in [1.807, 2.05) is 58.8 Å². The van der Waals surface area contributed by atoms with Crippen LogP contribution in [-0.4, -0.2) is 38.4 Å². The van der Waals surface area contributed by atoms with Crippen LogP contribution in [0.25, 0.3) is 5.69 Å². The lowest BCUT2D eigenvalue weighted by molar-refractivity contribution is -0.189. The largest absolute Gasteiger partial charge is 0.491 e. The van der Waals surface area contributed by atoms with Gasteiger partial charge in [0.05, 0.1) is 24.5 Å². The van der Waals surface area contributed by atoms with Gasteiger partial charge in [-0.2, -0.15) is 0 Å². The van der Waals surface area contributed by atoms with Gasteiger partial charge in [0, 0.05) is 41.1 Å². The minimum Gasteiger partial charge on any atom is -0.491 e.